The molecule has 28 heavy (non-hydrogen) atoms. The third-order valence-corrected chi connectivity index (χ3v) is 4.48. The number of hydrogen-bond acceptors (Lipinski definition) is 9. The summed E-state index contributed by atoms with van der Waals surface area (Å²) < 4.78 is 0. The monoisotopic (exact) mass is 381 g/mol. The topological polar surface area (TPSA) is 141 Å². The minimum Gasteiger partial charge on any atom is -0.383 e. The molecule has 3 rings (SSSR count). The minimum absolute atomic E-state index is 0.227. The van der Waals surface area contributed by atoms with Crippen LogP contribution in [-0.2, 0) is 0 Å². The van der Waals surface area contributed by atoms with Gasteiger partial charge in [-0.05, 0) is 25.8 Å². The molecule has 1 atom stereocenters. The van der Waals surface area contributed by atoms with Gasteiger partial charge in [0, 0.05) is 25.7 Å². The highest BCUT2D eigenvalue weighted by molar-refractivity contribution is 5.97. The van der Waals surface area contributed by atoms with Gasteiger partial charge in [-0.25, -0.2) is 9.97 Å². The lowest BCUT2D eigenvalue weighted by Gasteiger charge is -2.23. The molecule has 146 valence electrons. The number of nitrogens with one attached hydrogen (secondary N) is 4. The van der Waals surface area contributed by atoms with E-state index in [0.29, 0.717) is 29.9 Å². The summed E-state index contributed by atoms with van der Waals surface area (Å²) in [6, 6.07) is 4.12. The summed E-state index contributed by atoms with van der Waals surface area (Å²) >= 11 is 0. The predicted molar refractivity (Wildman–Crippen MR) is 104 cm³/mol. The number of carbonyl (C=O) groups excluding carboxylic acids is 1. The van der Waals surface area contributed by atoms with Crippen LogP contribution in [0.5, 0.6) is 0 Å². The van der Waals surface area contributed by atoms with Gasteiger partial charge in [-0.3, -0.25) is 4.79 Å². The summed E-state index contributed by atoms with van der Waals surface area (Å²) in [5.41, 5.74) is 1.05. The molecule has 0 radical (unpaired) electrons. The number of hydrogen-bond donors (Lipinski definition) is 4. The van der Waals surface area contributed by atoms with Crippen LogP contribution in [0.15, 0.2) is 18.5 Å². The summed E-state index contributed by atoms with van der Waals surface area (Å²) in [6.07, 6.45) is 7.41. The number of carbonyl (C=O) groups is 1. The average Bonchev–Trinajstić information content (AvgIpc) is 2.75. The van der Waals surface area contributed by atoms with Crippen molar-refractivity contribution in [2.75, 3.05) is 30.8 Å². The third kappa shape index (κ3) is 5.11. The first-order valence-electron chi connectivity index (χ1n) is 9.26. The van der Waals surface area contributed by atoms with Crippen LogP contribution in [0.4, 0.5) is 17.3 Å². The molecule has 1 saturated heterocycles. The molecular weight excluding hydrogens is 358 g/mol. The van der Waals surface area contributed by atoms with Crippen molar-refractivity contribution in [2.24, 2.45) is 0 Å². The van der Waals surface area contributed by atoms with Crippen molar-refractivity contribution < 1.29 is 4.79 Å². The first kappa shape index (κ1) is 19.4. The molecule has 1 unspecified atom stereocenters. The molecule has 0 spiro atoms. The van der Waals surface area contributed by atoms with E-state index in [4.69, 9.17) is 5.26 Å². The standard InChI is InChI=1S/C18H23N9O/c1-20-18(28)17-14(22-7-5-12-4-2-3-6-21-12)8-15(26-27-17)25-16-11-23-13(9-19)10-24-16/h8,10-12,21H,2-7H2,1H3,(H,20,28)(H2,22,24,25,26). The number of aromatic nitrogens is 4. The van der Waals surface area contributed by atoms with Crippen molar-refractivity contribution >= 4 is 23.2 Å². The van der Waals surface area contributed by atoms with Crippen molar-refractivity contribution in [2.45, 2.75) is 31.7 Å². The summed E-state index contributed by atoms with van der Waals surface area (Å²) in [5, 5.41) is 29.2. The van der Waals surface area contributed by atoms with Crippen molar-refractivity contribution in [3.63, 3.8) is 0 Å². The third-order valence-electron chi connectivity index (χ3n) is 4.48. The molecule has 0 aliphatic carbocycles. The van der Waals surface area contributed by atoms with Gasteiger partial charge in [0.2, 0.25) is 0 Å². The average molecular weight is 381 g/mol. The molecule has 1 aliphatic heterocycles. The molecule has 4 N–H and O–H groups in total. The highest BCUT2D eigenvalue weighted by Gasteiger charge is 2.16. The number of nitrogens with zero attached hydrogens (tertiary/aromatic N) is 5. The van der Waals surface area contributed by atoms with E-state index >= 15 is 0 Å². The Bertz CT molecular complexity index is 841. The van der Waals surface area contributed by atoms with E-state index < -0.39 is 0 Å². The molecule has 1 fully saturated rings. The number of amides is 1. The van der Waals surface area contributed by atoms with E-state index in [1.807, 2.05) is 6.07 Å². The van der Waals surface area contributed by atoms with Gasteiger partial charge in [0.05, 0.1) is 18.1 Å². The van der Waals surface area contributed by atoms with Crippen LogP contribution in [0.3, 0.4) is 0 Å². The molecule has 0 aromatic carbocycles. The Morgan fingerprint density at radius 3 is 2.86 bits per heavy atom. The Labute approximate surface area is 163 Å². The van der Waals surface area contributed by atoms with E-state index in [1.165, 1.54) is 31.7 Å². The Balaban J connectivity index is 1.70. The molecule has 10 heteroatoms. The molecule has 1 amide bonds. The molecule has 2 aromatic rings. The second-order valence-electron chi connectivity index (χ2n) is 6.46. The van der Waals surface area contributed by atoms with E-state index in [2.05, 4.69) is 41.4 Å². The van der Waals surface area contributed by atoms with E-state index in [9.17, 15) is 4.79 Å². The van der Waals surface area contributed by atoms with Crippen LogP contribution < -0.4 is 21.3 Å². The smallest absolute Gasteiger partial charge is 0.273 e. The van der Waals surface area contributed by atoms with Gasteiger partial charge in [0.1, 0.15) is 11.9 Å². The largest absolute Gasteiger partial charge is 0.383 e. The zero-order valence-electron chi connectivity index (χ0n) is 15.7. The molecule has 0 saturated carbocycles. The second-order valence-corrected chi connectivity index (χ2v) is 6.46. The highest BCUT2D eigenvalue weighted by Crippen LogP contribution is 2.19. The zero-order valence-corrected chi connectivity index (χ0v) is 15.7. The van der Waals surface area contributed by atoms with Crippen LogP contribution in [0.1, 0.15) is 41.9 Å². The Morgan fingerprint density at radius 2 is 2.18 bits per heavy atom. The fourth-order valence-corrected chi connectivity index (χ4v) is 3.01. The maximum absolute atomic E-state index is 12.1. The van der Waals surface area contributed by atoms with Crippen LogP contribution in [0.25, 0.3) is 0 Å². The molecule has 3 heterocycles. The van der Waals surface area contributed by atoms with Gasteiger partial charge in [-0.2, -0.15) is 5.26 Å². The maximum Gasteiger partial charge on any atom is 0.273 e. The molecule has 2 aromatic heterocycles. The number of rotatable bonds is 7. The maximum atomic E-state index is 12.1. The van der Waals surface area contributed by atoms with E-state index in [0.717, 1.165) is 13.0 Å². The number of piperidine rings is 1. The van der Waals surface area contributed by atoms with Crippen molar-refractivity contribution in [3.8, 4) is 6.07 Å². The number of anilines is 3. The second kappa shape index (κ2) is 9.57. The van der Waals surface area contributed by atoms with Crippen molar-refractivity contribution in [1.82, 2.24) is 30.8 Å². The first-order valence-corrected chi connectivity index (χ1v) is 9.26. The molecule has 0 bridgehead atoms. The lowest BCUT2D eigenvalue weighted by molar-refractivity contribution is 0.0958. The predicted octanol–water partition coefficient (Wildman–Crippen LogP) is 1.19. The quantitative estimate of drug-likeness (QED) is 0.556. The van der Waals surface area contributed by atoms with E-state index in [-0.39, 0.29) is 17.3 Å². The number of nitriles is 1. The first-order chi connectivity index (χ1) is 13.7. The molecule has 10 nitrogen and oxygen atoms in total. The van der Waals surface area contributed by atoms with E-state index in [1.54, 1.807) is 13.1 Å². The van der Waals surface area contributed by atoms with Gasteiger partial charge < -0.3 is 21.3 Å². The summed E-state index contributed by atoms with van der Waals surface area (Å²) in [5.74, 6) is 0.541. The SMILES string of the molecule is CNC(=O)c1nnc(Nc2cnc(C#N)cn2)cc1NCCC1CCCCN1. The van der Waals surface area contributed by atoms with Gasteiger partial charge in [0.15, 0.2) is 17.2 Å². The highest BCUT2D eigenvalue weighted by atomic mass is 16.1. The zero-order chi connectivity index (χ0) is 19.8. The van der Waals surface area contributed by atoms with Crippen molar-refractivity contribution in [3.05, 3.63) is 29.8 Å². The minimum atomic E-state index is -0.310. The van der Waals surface area contributed by atoms with Crippen LogP contribution in [0, 0.1) is 11.3 Å². The fourth-order valence-electron chi connectivity index (χ4n) is 3.01. The normalized spacial score (nSPS) is 16.1. The molecule has 1 aliphatic rings. The Hall–Kier alpha value is -3.32. The Kier molecular flexibility index (Phi) is 6.64. The molecular formula is C18H23N9O. The summed E-state index contributed by atoms with van der Waals surface area (Å²) in [7, 11) is 1.55. The lowest BCUT2D eigenvalue weighted by atomic mass is 10.0. The summed E-state index contributed by atoms with van der Waals surface area (Å²) in [4.78, 5) is 20.2. The van der Waals surface area contributed by atoms with Crippen molar-refractivity contribution in [1.29, 1.82) is 5.26 Å². The fraction of sp³-hybridized carbons (Fsp3) is 0.444. The van der Waals surface area contributed by atoms with Gasteiger partial charge in [-0.1, -0.05) is 6.42 Å². The lowest BCUT2D eigenvalue weighted by Crippen LogP contribution is -2.35. The van der Waals surface area contributed by atoms with Gasteiger partial charge in [-0.15, -0.1) is 10.2 Å². The van der Waals surface area contributed by atoms with Crippen LogP contribution >= 0.6 is 0 Å². The van der Waals surface area contributed by atoms with Gasteiger partial charge in [0.25, 0.3) is 5.91 Å². The van der Waals surface area contributed by atoms with Crippen LogP contribution in [-0.4, -0.2) is 52.3 Å². The summed E-state index contributed by atoms with van der Waals surface area (Å²) in [6.45, 7) is 1.77. The van der Waals surface area contributed by atoms with Crippen LogP contribution in [0.2, 0.25) is 0 Å². The Morgan fingerprint density at radius 1 is 1.29 bits per heavy atom. The van der Waals surface area contributed by atoms with Gasteiger partial charge >= 0.3 is 0 Å².